The second kappa shape index (κ2) is 7.57. The summed E-state index contributed by atoms with van der Waals surface area (Å²) < 4.78 is 27.4. The zero-order chi connectivity index (χ0) is 19.1. The van der Waals surface area contributed by atoms with E-state index in [-0.39, 0.29) is 23.9 Å². The van der Waals surface area contributed by atoms with E-state index in [9.17, 15) is 4.39 Å². The van der Waals surface area contributed by atoms with Crippen molar-refractivity contribution in [2.24, 2.45) is 0 Å². The lowest BCUT2D eigenvalue weighted by Gasteiger charge is -2.25. The van der Waals surface area contributed by atoms with Crippen LogP contribution in [0, 0.1) is 5.82 Å². The summed E-state index contributed by atoms with van der Waals surface area (Å²) in [5.41, 5.74) is 2.51. The van der Waals surface area contributed by atoms with Gasteiger partial charge in [0.2, 0.25) is 0 Å². The Labute approximate surface area is 170 Å². The molecule has 1 aliphatic carbocycles. The van der Waals surface area contributed by atoms with Gasteiger partial charge in [0.1, 0.15) is 11.9 Å². The van der Waals surface area contributed by atoms with E-state index in [1.165, 1.54) is 25.3 Å². The predicted octanol–water partition coefficient (Wildman–Crippen LogP) is 5.70. The Hall–Kier alpha value is -1.78. The normalized spacial score (nSPS) is 24.4. The molecule has 2 aliphatic heterocycles. The first-order chi connectivity index (χ1) is 13.7. The van der Waals surface area contributed by atoms with E-state index in [4.69, 9.17) is 21.1 Å². The average molecular weight is 402 g/mol. The van der Waals surface area contributed by atoms with Crippen LogP contribution < -0.4 is 14.8 Å². The number of hydrogen-bond acceptors (Lipinski definition) is 3. The number of nitrogens with one attached hydrogen (secondary N) is 1. The Bertz CT molecular complexity index is 881. The smallest absolute Gasteiger partial charge is 0.165 e. The fourth-order valence-electron chi connectivity index (χ4n) is 4.79. The highest BCUT2D eigenvalue weighted by molar-refractivity contribution is 6.30. The largest absolute Gasteiger partial charge is 0.487 e. The zero-order valence-corrected chi connectivity index (χ0v) is 16.6. The first kappa shape index (κ1) is 18.3. The molecule has 3 aliphatic rings. The van der Waals surface area contributed by atoms with Crippen LogP contribution in [0.3, 0.4) is 0 Å². The minimum Gasteiger partial charge on any atom is -0.487 e. The van der Waals surface area contributed by atoms with E-state index in [2.05, 4.69) is 11.4 Å². The maximum absolute atomic E-state index is 14.6. The van der Waals surface area contributed by atoms with Gasteiger partial charge in [0.25, 0.3) is 0 Å². The van der Waals surface area contributed by atoms with Gasteiger partial charge in [0.05, 0.1) is 6.10 Å². The molecule has 1 saturated heterocycles. The number of benzene rings is 2. The molecule has 0 aromatic heterocycles. The van der Waals surface area contributed by atoms with Crippen molar-refractivity contribution in [3.05, 3.63) is 46.7 Å². The van der Waals surface area contributed by atoms with Crippen molar-refractivity contribution in [1.82, 2.24) is 5.32 Å². The Kier molecular flexibility index (Phi) is 4.93. The summed E-state index contributed by atoms with van der Waals surface area (Å²) in [7, 11) is 0. The SMILES string of the molecule is Fc1cc(Cl)ccc1-c1cc(OC2CCCCC2)c2c(c1)[C@@H]1CNCC[C@@H]1O2. The zero-order valence-electron chi connectivity index (χ0n) is 15.8. The van der Waals surface area contributed by atoms with Crippen molar-refractivity contribution in [3.63, 3.8) is 0 Å². The van der Waals surface area contributed by atoms with Gasteiger partial charge >= 0.3 is 0 Å². The summed E-state index contributed by atoms with van der Waals surface area (Å²) in [5.74, 6) is 1.60. The van der Waals surface area contributed by atoms with Gasteiger partial charge in [-0.1, -0.05) is 18.0 Å². The quantitative estimate of drug-likeness (QED) is 0.716. The maximum atomic E-state index is 14.6. The Balaban J connectivity index is 1.57. The molecule has 0 spiro atoms. The summed E-state index contributed by atoms with van der Waals surface area (Å²) >= 11 is 5.96. The van der Waals surface area contributed by atoms with Gasteiger partial charge in [-0.05, 0) is 74.5 Å². The number of piperidine rings is 1. The molecule has 2 aromatic carbocycles. The van der Waals surface area contributed by atoms with E-state index < -0.39 is 0 Å². The van der Waals surface area contributed by atoms with Crippen LogP contribution in [0.4, 0.5) is 4.39 Å². The Morgan fingerprint density at radius 3 is 2.75 bits per heavy atom. The molecule has 1 saturated carbocycles. The molecular formula is C23H25ClFNO2. The van der Waals surface area contributed by atoms with Crippen LogP contribution in [0.15, 0.2) is 30.3 Å². The highest BCUT2D eigenvalue weighted by atomic mass is 35.5. The number of fused-ring (bicyclic) bond motifs is 3. The predicted molar refractivity (Wildman–Crippen MR) is 109 cm³/mol. The standard InChI is InChI=1S/C23H25ClFNO2/c24-15-6-7-17(20(25)12-15)14-10-18-19-13-26-9-8-21(19)28-23(18)22(11-14)27-16-4-2-1-3-5-16/h6-7,10-12,16,19,21,26H,1-5,8-9,13H2/t19-,21-/m0/s1. The average Bonchev–Trinajstić information content (AvgIpc) is 3.08. The summed E-state index contributed by atoms with van der Waals surface area (Å²) in [5, 5.41) is 3.87. The van der Waals surface area contributed by atoms with Crippen molar-refractivity contribution in [2.75, 3.05) is 13.1 Å². The molecule has 2 aromatic rings. The second-order valence-electron chi connectivity index (χ2n) is 8.15. The summed E-state index contributed by atoms with van der Waals surface area (Å²) in [4.78, 5) is 0. The van der Waals surface area contributed by atoms with E-state index >= 15 is 0 Å². The van der Waals surface area contributed by atoms with Gasteiger partial charge in [-0.2, -0.15) is 0 Å². The molecule has 2 heterocycles. The third-order valence-corrected chi connectivity index (χ3v) is 6.49. The van der Waals surface area contributed by atoms with Crippen LogP contribution in [-0.2, 0) is 0 Å². The molecule has 0 unspecified atom stereocenters. The molecule has 3 nitrogen and oxygen atoms in total. The minimum absolute atomic E-state index is 0.176. The van der Waals surface area contributed by atoms with Crippen molar-refractivity contribution in [1.29, 1.82) is 0 Å². The van der Waals surface area contributed by atoms with Crippen LogP contribution in [0.25, 0.3) is 11.1 Å². The molecule has 2 atom stereocenters. The van der Waals surface area contributed by atoms with Crippen LogP contribution in [0.1, 0.15) is 50.0 Å². The number of halogens is 2. The van der Waals surface area contributed by atoms with Crippen molar-refractivity contribution < 1.29 is 13.9 Å². The first-order valence-electron chi connectivity index (χ1n) is 10.4. The van der Waals surface area contributed by atoms with Crippen LogP contribution in [0.2, 0.25) is 5.02 Å². The summed E-state index contributed by atoms with van der Waals surface area (Å²) in [6.07, 6.45) is 7.20. The number of rotatable bonds is 3. The van der Waals surface area contributed by atoms with Crippen LogP contribution in [0.5, 0.6) is 11.5 Å². The third kappa shape index (κ3) is 3.37. The van der Waals surface area contributed by atoms with Crippen molar-refractivity contribution >= 4 is 11.6 Å². The molecule has 5 heteroatoms. The molecule has 0 bridgehead atoms. The fraction of sp³-hybridized carbons (Fsp3) is 0.478. The number of ether oxygens (including phenoxy) is 2. The van der Waals surface area contributed by atoms with E-state index in [0.29, 0.717) is 10.6 Å². The van der Waals surface area contributed by atoms with Gasteiger partial charge in [0.15, 0.2) is 11.5 Å². The third-order valence-electron chi connectivity index (χ3n) is 6.26. The molecule has 28 heavy (non-hydrogen) atoms. The van der Waals surface area contributed by atoms with Gasteiger partial charge in [-0.3, -0.25) is 0 Å². The lowest BCUT2D eigenvalue weighted by Crippen LogP contribution is -2.37. The van der Waals surface area contributed by atoms with E-state index in [1.54, 1.807) is 12.1 Å². The van der Waals surface area contributed by atoms with E-state index in [0.717, 1.165) is 55.0 Å². The maximum Gasteiger partial charge on any atom is 0.165 e. The molecular weight excluding hydrogens is 377 g/mol. The monoisotopic (exact) mass is 401 g/mol. The van der Waals surface area contributed by atoms with E-state index in [1.807, 2.05) is 6.07 Å². The lowest BCUT2D eigenvalue weighted by atomic mass is 9.89. The summed E-state index contributed by atoms with van der Waals surface area (Å²) in [6, 6.07) is 8.87. The highest BCUT2D eigenvalue weighted by Gasteiger charge is 2.39. The molecule has 0 radical (unpaired) electrons. The topological polar surface area (TPSA) is 30.5 Å². The van der Waals surface area contributed by atoms with Crippen LogP contribution in [-0.4, -0.2) is 25.3 Å². The van der Waals surface area contributed by atoms with Gasteiger partial charge in [-0.25, -0.2) is 4.39 Å². The van der Waals surface area contributed by atoms with Crippen molar-refractivity contribution in [3.8, 4) is 22.6 Å². The minimum atomic E-state index is -0.312. The molecule has 5 rings (SSSR count). The Morgan fingerprint density at radius 1 is 1.07 bits per heavy atom. The molecule has 2 fully saturated rings. The first-order valence-corrected chi connectivity index (χ1v) is 10.7. The second-order valence-corrected chi connectivity index (χ2v) is 8.59. The van der Waals surface area contributed by atoms with Crippen molar-refractivity contribution in [2.45, 2.75) is 56.7 Å². The van der Waals surface area contributed by atoms with Gasteiger partial charge in [0, 0.05) is 28.6 Å². The van der Waals surface area contributed by atoms with Crippen LogP contribution >= 0.6 is 11.6 Å². The van der Waals surface area contributed by atoms with Gasteiger partial charge < -0.3 is 14.8 Å². The lowest BCUT2D eigenvalue weighted by molar-refractivity contribution is 0.134. The fourth-order valence-corrected chi connectivity index (χ4v) is 4.95. The Morgan fingerprint density at radius 2 is 1.93 bits per heavy atom. The van der Waals surface area contributed by atoms with Gasteiger partial charge in [-0.15, -0.1) is 0 Å². The highest BCUT2D eigenvalue weighted by Crippen LogP contribution is 2.49. The molecule has 148 valence electrons. The molecule has 1 N–H and O–H groups in total. The summed E-state index contributed by atoms with van der Waals surface area (Å²) in [6.45, 7) is 1.85. The molecule has 0 amide bonds. The number of hydrogen-bond donors (Lipinski definition) is 1.